The number of halogens is 2. The molecule has 2 aliphatic heterocycles. The molecule has 0 radical (unpaired) electrons. The van der Waals surface area contributed by atoms with Gasteiger partial charge >= 0.3 is 0 Å². The van der Waals surface area contributed by atoms with Crippen LogP contribution in [0.1, 0.15) is 64.5 Å². The Morgan fingerprint density at radius 3 is 1.98 bits per heavy atom. The van der Waals surface area contributed by atoms with Gasteiger partial charge in [0.15, 0.2) is 5.71 Å². The molecule has 254 valence electrons. The van der Waals surface area contributed by atoms with E-state index in [1.165, 1.54) is 11.1 Å². The Kier molecular flexibility index (Phi) is 12.4. The Balaban J connectivity index is 1.52. The minimum Gasteiger partial charge on any atom is -0.344 e. The van der Waals surface area contributed by atoms with Crippen LogP contribution in [0.3, 0.4) is 0 Å². The van der Waals surface area contributed by atoms with Crippen LogP contribution in [0.2, 0.25) is 0 Å². The minimum atomic E-state index is -3.98. The average Bonchev–Trinajstić information content (AvgIpc) is 3.29. The maximum absolute atomic E-state index is 11.2. The van der Waals surface area contributed by atoms with Gasteiger partial charge in [0.25, 0.3) is 20.2 Å². The first-order chi connectivity index (χ1) is 21.9. The predicted octanol–water partition coefficient (Wildman–Crippen LogP) is 7.96. The third-order valence-electron chi connectivity index (χ3n) is 8.73. The first-order valence-corrected chi connectivity index (χ1v) is 20.9. The molecule has 12 heteroatoms. The van der Waals surface area contributed by atoms with Gasteiger partial charge in [-0.3, -0.25) is 9.11 Å². The predicted molar refractivity (Wildman–Crippen MR) is 208 cm³/mol. The quantitative estimate of drug-likeness (QED) is 0.0651. The van der Waals surface area contributed by atoms with Gasteiger partial charge in [-0.05, 0) is 120 Å². The zero-order valence-electron chi connectivity index (χ0n) is 27.2. The highest BCUT2D eigenvalue weighted by Crippen LogP contribution is 2.48. The van der Waals surface area contributed by atoms with Crippen LogP contribution in [0.15, 0.2) is 84.6 Å². The van der Waals surface area contributed by atoms with Crippen molar-refractivity contribution < 1.29 is 30.5 Å². The van der Waals surface area contributed by atoms with Crippen LogP contribution in [0.25, 0.3) is 0 Å². The zero-order valence-corrected chi connectivity index (χ0v) is 33.1. The van der Waals surface area contributed by atoms with Gasteiger partial charge in [-0.1, -0.05) is 44.2 Å². The molecule has 0 aromatic heterocycles. The fourth-order valence-corrected chi connectivity index (χ4v) is 8.49. The molecule has 2 N–H and O–H groups in total. The molecule has 2 aromatic rings. The lowest BCUT2D eigenvalue weighted by Gasteiger charge is -2.27. The van der Waals surface area contributed by atoms with Crippen molar-refractivity contribution in [1.82, 2.24) is 0 Å². The Morgan fingerprint density at radius 1 is 0.745 bits per heavy atom. The van der Waals surface area contributed by atoms with Crippen molar-refractivity contribution in [2.75, 3.05) is 29.5 Å². The molecule has 0 bridgehead atoms. The van der Waals surface area contributed by atoms with E-state index in [-0.39, 0.29) is 22.3 Å². The molecule has 0 unspecified atom stereocenters. The highest BCUT2D eigenvalue weighted by Gasteiger charge is 2.44. The van der Waals surface area contributed by atoms with Crippen LogP contribution in [0.4, 0.5) is 11.4 Å². The van der Waals surface area contributed by atoms with Crippen LogP contribution in [0.5, 0.6) is 0 Å². The second-order valence-corrected chi connectivity index (χ2v) is 18.6. The van der Waals surface area contributed by atoms with E-state index < -0.39 is 20.2 Å². The number of benzene rings is 2. The number of hydrogen-bond acceptors (Lipinski definition) is 5. The van der Waals surface area contributed by atoms with Gasteiger partial charge < -0.3 is 4.90 Å². The van der Waals surface area contributed by atoms with E-state index in [0.717, 1.165) is 29.9 Å². The molecule has 0 spiro atoms. The third kappa shape index (κ3) is 9.65. The number of hydrogen-bond donors (Lipinski definition) is 2. The Bertz CT molecular complexity index is 1870. The lowest BCUT2D eigenvalue weighted by Crippen LogP contribution is -2.28. The summed E-state index contributed by atoms with van der Waals surface area (Å²) in [5.74, 6) is -0.483. The lowest BCUT2D eigenvalue weighted by atomic mass is 9.81. The fraction of sp³-hybridized carbons (Fsp3) is 0.400. The van der Waals surface area contributed by atoms with Crippen molar-refractivity contribution in [2.45, 2.75) is 64.2 Å². The van der Waals surface area contributed by atoms with Crippen LogP contribution in [-0.4, -0.2) is 60.8 Å². The summed E-state index contributed by atoms with van der Waals surface area (Å²) in [6.07, 6.45) is 16.3. The lowest BCUT2D eigenvalue weighted by molar-refractivity contribution is -0.438. The second-order valence-electron chi connectivity index (χ2n) is 12.9. The van der Waals surface area contributed by atoms with E-state index in [4.69, 9.17) is 9.11 Å². The van der Waals surface area contributed by atoms with E-state index >= 15 is 0 Å². The second kappa shape index (κ2) is 15.4. The standard InChI is InChI=1S/C35H42I2N2O6S2/c1-34(2)28-24-26(36)16-18-30(28)38(20-10-12-22-46(40,41)42)32(34)14-8-6-5-7-9-15-33-35(3,4)29-25-27(37)17-19-31(29)39(33)21-11-13-23-47(43,44)45/h5-9,14-19,24-25H,10-13,20-23H2,1-4H3,(H-,40,41,42,43,44,45)/p+1. The van der Waals surface area contributed by atoms with Gasteiger partial charge in [0.1, 0.15) is 6.54 Å². The third-order valence-corrected chi connectivity index (χ3v) is 11.7. The maximum atomic E-state index is 11.2. The Hall–Kier alpha value is -1.85. The summed E-state index contributed by atoms with van der Waals surface area (Å²) in [5.41, 5.74) is 6.47. The summed E-state index contributed by atoms with van der Waals surface area (Å²) in [7, 11) is -7.96. The molecule has 0 saturated heterocycles. The van der Waals surface area contributed by atoms with Gasteiger partial charge in [0.2, 0.25) is 5.69 Å². The van der Waals surface area contributed by atoms with E-state index in [2.05, 4.69) is 131 Å². The van der Waals surface area contributed by atoms with Crippen LogP contribution in [-0.2, 0) is 31.1 Å². The smallest absolute Gasteiger partial charge is 0.264 e. The monoisotopic (exact) mass is 905 g/mol. The molecular formula is C35H43I2N2O6S2+. The van der Waals surface area contributed by atoms with Crippen LogP contribution < -0.4 is 4.90 Å². The molecule has 2 aliphatic rings. The van der Waals surface area contributed by atoms with E-state index in [9.17, 15) is 16.8 Å². The van der Waals surface area contributed by atoms with Crippen molar-refractivity contribution in [3.63, 3.8) is 0 Å². The number of rotatable bonds is 14. The molecule has 0 atom stereocenters. The highest BCUT2D eigenvalue weighted by atomic mass is 127. The van der Waals surface area contributed by atoms with Crippen molar-refractivity contribution in [1.29, 1.82) is 0 Å². The first kappa shape index (κ1) is 38.0. The molecule has 47 heavy (non-hydrogen) atoms. The maximum Gasteiger partial charge on any atom is 0.264 e. The van der Waals surface area contributed by atoms with Crippen LogP contribution >= 0.6 is 45.2 Å². The van der Waals surface area contributed by atoms with Gasteiger partial charge in [0.05, 0.1) is 16.9 Å². The number of nitrogens with zero attached hydrogens (tertiary/aromatic N) is 2. The van der Waals surface area contributed by atoms with E-state index in [1.807, 2.05) is 30.4 Å². The first-order valence-electron chi connectivity index (χ1n) is 15.6. The van der Waals surface area contributed by atoms with Gasteiger partial charge in [-0.15, -0.1) is 0 Å². The summed E-state index contributed by atoms with van der Waals surface area (Å²) in [6, 6.07) is 12.8. The van der Waals surface area contributed by atoms with Crippen molar-refractivity contribution in [2.24, 2.45) is 0 Å². The Morgan fingerprint density at radius 2 is 1.32 bits per heavy atom. The Labute approximate surface area is 307 Å². The molecule has 2 aromatic carbocycles. The summed E-state index contributed by atoms with van der Waals surface area (Å²) in [6.45, 7) is 10.1. The molecule has 0 amide bonds. The summed E-state index contributed by atoms with van der Waals surface area (Å²) < 4.78 is 67.8. The average molecular weight is 906 g/mol. The van der Waals surface area contributed by atoms with E-state index in [0.29, 0.717) is 38.8 Å². The molecular weight excluding hydrogens is 862 g/mol. The molecule has 0 saturated carbocycles. The fourth-order valence-electron chi connectivity index (χ4n) is 6.37. The molecule has 8 nitrogen and oxygen atoms in total. The van der Waals surface area contributed by atoms with Gasteiger partial charge in [0, 0.05) is 54.6 Å². The topological polar surface area (TPSA) is 115 Å². The highest BCUT2D eigenvalue weighted by molar-refractivity contribution is 14.1. The molecule has 2 heterocycles. The number of unbranched alkanes of at least 4 members (excludes halogenated alkanes) is 2. The molecule has 0 fully saturated rings. The molecule has 0 aliphatic carbocycles. The summed E-state index contributed by atoms with van der Waals surface area (Å²) in [4.78, 5) is 2.26. The molecule has 4 rings (SSSR count). The van der Waals surface area contributed by atoms with Crippen molar-refractivity contribution in [3.8, 4) is 0 Å². The number of anilines is 1. The summed E-state index contributed by atoms with van der Waals surface area (Å²) >= 11 is 4.65. The van der Waals surface area contributed by atoms with Gasteiger partial charge in [-0.25, -0.2) is 0 Å². The normalized spacial score (nSPS) is 18.4. The van der Waals surface area contributed by atoms with Gasteiger partial charge in [-0.2, -0.15) is 21.4 Å². The SMILES string of the molecule is CC1(C)C(/C=C/C=C/C=C/C=C2/N(CCCCS(=O)(=O)O)c3ccc(I)cc3C2(C)C)=[N+](CCCCS(=O)(=O)O)c2ccc(I)cc21. The number of allylic oxidation sites excluding steroid dienone is 8. The van der Waals surface area contributed by atoms with Crippen LogP contribution in [0, 0.1) is 7.14 Å². The summed E-state index contributed by atoms with van der Waals surface area (Å²) in [5, 5.41) is 0. The van der Waals surface area contributed by atoms with Crippen molar-refractivity contribution >= 4 is 82.5 Å². The van der Waals surface area contributed by atoms with Crippen molar-refractivity contribution in [3.05, 3.63) is 103 Å². The minimum absolute atomic E-state index is 0.240. The zero-order chi connectivity index (χ0) is 34.6. The largest absolute Gasteiger partial charge is 0.344 e. The van der Waals surface area contributed by atoms with E-state index in [1.54, 1.807) is 0 Å². The number of fused-ring (bicyclic) bond motifs is 2.